The average Bonchev–Trinajstić information content (AvgIpc) is 3.20. The topological polar surface area (TPSA) is 51.7 Å². The number of pyridine rings is 1. The molecule has 0 aliphatic heterocycles. The van der Waals surface area contributed by atoms with Crippen LogP contribution in [0.2, 0.25) is 0 Å². The number of hydrogen-bond acceptors (Lipinski definition) is 2. The first-order chi connectivity index (χ1) is 12.7. The third-order valence-corrected chi connectivity index (χ3v) is 5.85. The van der Waals surface area contributed by atoms with Gasteiger partial charge in [0.05, 0.1) is 13.0 Å². The Hall–Kier alpha value is -2.14. The summed E-state index contributed by atoms with van der Waals surface area (Å²) in [4.78, 5) is 0. The molecular weight excluding hydrogens is 322 g/mol. The largest absolute Gasteiger partial charge is 0.346 e. The molecule has 3 heterocycles. The Labute approximate surface area is 155 Å². The molecule has 26 heavy (non-hydrogen) atoms. The van der Waals surface area contributed by atoms with Crippen molar-refractivity contribution in [3.05, 3.63) is 53.2 Å². The summed E-state index contributed by atoms with van der Waals surface area (Å²) in [6, 6.07) is 9.15. The fraction of sp³-hybridized carbons (Fsp3) is 0.524. The Balaban J connectivity index is 1.36. The number of rotatable bonds is 6. The van der Waals surface area contributed by atoms with Crippen molar-refractivity contribution in [2.75, 3.05) is 6.54 Å². The molecular formula is C21H30N5+. The lowest BCUT2D eigenvalue weighted by Gasteiger charge is -2.26. The van der Waals surface area contributed by atoms with E-state index in [9.17, 15) is 0 Å². The zero-order valence-corrected chi connectivity index (χ0v) is 16.0. The predicted octanol–water partition coefficient (Wildman–Crippen LogP) is 2.96. The number of nitrogens with two attached hydrogens (primary N) is 1. The van der Waals surface area contributed by atoms with Gasteiger partial charge in [-0.05, 0) is 44.9 Å². The van der Waals surface area contributed by atoms with Crippen molar-refractivity contribution >= 4 is 5.65 Å². The summed E-state index contributed by atoms with van der Waals surface area (Å²) in [7, 11) is 0. The highest BCUT2D eigenvalue weighted by Gasteiger charge is 2.20. The normalized spacial score (nSPS) is 15.8. The van der Waals surface area contributed by atoms with Gasteiger partial charge in [-0.2, -0.15) is 0 Å². The molecule has 3 aromatic heterocycles. The SMILES string of the molecule is Cc1cc(C[NH2+]CCc2nnc3ccccn23)c(C)n1C1CCCCC1. The Morgan fingerprint density at radius 2 is 1.96 bits per heavy atom. The minimum absolute atomic E-state index is 0.722. The van der Waals surface area contributed by atoms with Gasteiger partial charge in [0.25, 0.3) is 0 Å². The van der Waals surface area contributed by atoms with Crippen LogP contribution in [0.25, 0.3) is 5.65 Å². The van der Waals surface area contributed by atoms with Gasteiger partial charge < -0.3 is 9.88 Å². The monoisotopic (exact) mass is 352 g/mol. The molecule has 0 aromatic carbocycles. The molecule has 5 nitrogen and oxygen atoms in total. The molecule has 1 fully saturated rings. The minimum Gasteiger partial charge on any atom is -0.346 e. The lowest BCUT2D eigenvalue weighted by molar-refractivity contribution is -0.670. The first-order valence-electron chi connectivity index (χ1n) is 10.0. The standard InChI is InChI=1S/C21H29N5/c1-16-14-18(17(2)26(16)19-8-4-3-5-9-19)15-22-12-11-21-24-23-20-10-6-7-13-25(20)21/h6-7,10,13-14,19,22H,3-5,8-9,11-12,15H2,1-2H3/p+1. The molecule has 0 radical (unpaired) electrons. The number of hydrogen-bond donors (Lipinski definition) is 1. The first-order valence-corrected chi connectivity index (χ1v) is 10.0. The molecule has 138 valence electrons. The first kappa shape index (κ1) is 17.3. The average molecular weight is 353 g/mol. The summed E-state index contributed by atoms with van der Waals surface area (Å²) in [5, 5.41) is 11.0. The number of aromatic nitrogens is 4. The maximum atomic E-state index is 4.33. The van der Waals surface area contributed by atoms with Crippen LogP contribution in [0.4, 0.5) is 0 Å². The van der Waals surface area contributed by atoms with Crippen LogP contribution in [0.1, 0.15) is 60.9 Å². The highest BCUT2D eigenvalue weighted by Crippen LogP contribution is 2.31. The lowest BCUT2D eigenvalue weighted by atomic mass is 9.95. The number of fused-ring (bicyclic) bond motifs is 1. The predicted molar refractivity (Wildman–Crippen MR) is 103 cm³/mol. The maximum Gasteiger partial charge on any atom is 0.160 e. The molecule has 0 unspecified atom stereocenters. The van der Waals surface area contributed by atoms with Gasteiger partial charge >= 0.3 is 0 Å². The van der Waals surface area contributed by atoms with Crippen molar-refractivity contribution in [3.8, 4) is 0 Å². The second kappa shape index (κ2) is 7.62. The van der Waals surface area contributed by atoms with E-state index < -0.39 is 0 Å². The van der Waals surface area contributed by atoms with Gasteiger partial charge in [-0.25, -0.2) is 0 Å². The van der Waals surface area contributed by atoms with Gasteiger partial charge in [0.1, 0.15) is 12.4 Å². The van der Waals surface area contributed by atoms with Crippen LogP contribution < -0.4 is 5.32 Å². The van der Waals surface area contributed by atoms with Crippen LogP contribution in [0.5, 0.6) is 0 Å². The molecule has 0 bridgehead atoms. The van der Waals surface area contributed by atoms with Crippen LogP contribution in [-0.4, -0.2) is 25.7 Å². The Morgan fingerprint density at radius 1 is 1.12 bits per heavy atom. The molecule has 5 heteroatoms. The maximum absolute atomic E-state index is 4.33. The molecule has 3 aromatic rings. The molecule has 0 atom stereocenters. The lowest BCUT2D eigenvalue weighted by Crippen LogP contribution is -2.83. The van der Waals surface area contributed by atoms with Crippen molar-refractivity contribution in [1.29, 1.82) is 0 Å². The van der Waals surface area contributed by atoms with Gasteiger partial charge in [0.2, 0.25) is 0 Å². The van der Waals surface area contributed by atoms with E-state index >= 15 is 0 Å². The van der Waals surface area contributed by atoms with E-state index in [2.05, 4.69) is 44.4 Å². The summed E-state index contributed by atoms with van der Waals surface area (Å²) in [6.45, 7) is 6.65. The van der Waals surface area contributed by atoms with Gasteiger partial charge in [-0.3, -0.25) is 4.40 Å². The Bertz CT molecular complexity index is 870. The third-order valence-electron chi connectivity index (χ3n) is 5.85. The minimum atomic E-state index is 0.722. The molecule has 0 spiro atoms. The molecule has 4 rings (SSSR count). The van der Waals surface area contributed by atoms with Crippen molar-refractivity contribution in [2.24, 2.45) is 0 Å². The smallest absolute Gasteiger partial charge is 0.160 e. The van der Waals surface area contributed by atoms with E-state index in [1.165, 1.54) is 49.1 Å². The third kappa shape index (κ3) is 3.40. The van der Waals surface area contributed by atoms with Gasteiger partial charge in [-0.15, -0.1) is 10.2 Å². The Kier molecular flexibility index (Phi) is 5.07. The summed E-state index contributed by atoms with van der Waals surface area (Å²) < 4.78 is 4.69. The summed E-state index contributed by atoms with van der Waals surface area (Å²) in [5.74, 6) is 1.05. The van der Waals surface area contributed by atoms with E-state index in [0.717, 1.165) is 37.0 Å². The molecule has 1 aliphatic rings. The second-order valence-corrected chi connectivity index (χ2v) is 7.63. The van der Waals surface area contributed by atoms with Crippen LogP contribution in [-0.2, 0) is 13.0 Å². The molecule has 1 saturated carbocycles. The highest BCUT2D eigenvalue weighted by molar-refractivity contribution is 5.37. The van der Waals surface area contributed by atoms with Crippen molar-refractivity contribution in [1.82, 2.24) is 19.2 Å². The molecule has 0 amide bonds. The van der Waals surface area contributed by atoms with Crippen LogP contribution >= 0.6 is 0 Å². The number of nitrogens with zero attached hydrogens (tertiary/aromatic N) is 4. The molecule has 0 saturated heterocycles. The van der Waals surface area contributed by atoms with Gasteiger partial charge in [0, 0.05) is 29.2 Å². The zero-order valence-electron chi connectivity index (χ0n) is 16.0. The van der Waals surface area contributed by atoms with E-state index in [1.54, 1.807) is 0 Å². The fourth-order valence-corrected chi connectivity index (χ4v) is 4.50. The van der Waals surface area contributed by atoms with Crippen LogP contribution in [0.15, 0.2) is 30.5 Å². The zero-order chi connectivity index (χ0) is 17.9. The summed E-state index contributed by atoms with van der Waals surface area (Å²) in [5.41, 5.74) is 5.32. The highest BCUT2D eigenvalue weighted by atomic mass is 15.2. The second-order valence-electron chi connectivity index (χ2n) is 7.63. The number of aryl methyl sites for hydroxylation is 1. The quantitative estimate of drug-likeness (QED) is 0.694. The molecule has 2 N–H and O–H groups in total. The van der Waals surface area contributed by atoms with Crippen LogP contribution in [0, 0.1) is 13.8 Å². The van der Waals surface area contributed by atoms with E-state index in [4.69, 9.17) is 0 Å². The van der Waals surface area contributed by atoms with E-state index in [-0.39, 0.29) is 0 Å². The summed E-state index contributed by atoms with van der Waals surface area (Å²) >= 11 is 0. The number of quaternary nitrogens is 1. The molecule has 1 aliphatic carbocycles. The van der Waals surface area contributed by atoms with E-state index in [1.807, 2.05) is 24.4 Å². The van der Waals surface area contributed by atoms with Gasteiger partial charge in [0.15, 0.2) is 5.65 Å². The van der Waals surface area contributed by atoms with Crippen molar-refractivity contribution in [2.45, 2.75) is 65.0 Å². The summed E-state index contributed by atoms with van der Waals surface area (Å²) in [6.07, 6.45) is 9.85. The van der Waals surface area contributed by atoms with Crippen molar-refractivity contribution < 1.29 is 5.32 Å². The Morgan fingerprint density at radius 3 is 2.81 bits per heavy atom. The van der Waals surface area contributed by atoms with Gasteiger partial charge in [-0.1, -0.05) is 25.3 Å². The fourth-order valence-electron chi connectivity index (χ4n) is 4.50. The van der Waals surface area contributed by atoms with E-state index in [0.29, 0.717) is 0 Å². The van der Waals surface area contributed by atoms with Crippen LogP contribution in [0.3, 0.4) is 0 Å². The van der Waals surface area contributed by atoms with Crippen molar-refractivity contribution in [3.63, 3.8) is 0 Å².